The lowest BCUT2D eigenvalue weighted by atomic mass is 9.98. The van der Waals surface area contributed by atoms with Crippen molar-refractivity contribution >= 4 is 246 Å². The van der Waals surface area contributed by atoms with Crippen LogP contribution in [0.3, 0.4) is 0 Å². The molecule has 0 spiro atoms. The van der Waals surface area contributed by atoms with Gasteiger partial charge in [-0.3, -0.25) is 4.79 Å². The maximum absolute atomic E-state index is 15.8. The van der Waals surface area contributed by atoms with Gasteiger partial charge in [0.05, 0.1) is 35.7 Å². The second kappa shape index (κ2) is 28.3. The van der Waals surface area contributed by atoms with Crippen LogP contribution in [0.5, 0.6) is 0 Å². The normalized spacial score (nSPS) is 12.4. The molecule has 15 aromatic heterocycles. The molecular formula is C101H52N6O6S10. The van der Waals surface area contributed by atoms with Crippen molar-refractivity contribution in [3.05, 3.63) is 297 Å². The summed E-state index contributed by atoms with van der Waals surface area (Å²) in [4.78, 5) is 55.1. The zero-order chi connectivity index (χ0) is 80.8. The molecule has 0 aliphatic heterocycles. The molecule has 15 heterocycles. The average molecular weight is 1770 g/mol. The molecule has 1 amide bonds. The van der Waals surface area contributed by atoms with Gasteiger partial charge in [0.1, 0.15) is 59.8 Å². The van der Waals surface area contributed by atoms with Crippen LogP contribution in [0.4, 0.5) is 0 Å². The number of thiophene rings is 10. The number of hydrogen-bond donors (Lipinski definition) is 0. The number of amides is 1. The molecule has 11 aromatic carbocycles. The third-order valence-corrected chi connectivity index (χ3v) is 34.3. The van der Waals surface area contributed by atoms with Crippen LogP contribution in [0.2, 0.25) is 0 Å². The summed E-state index contributed by atoms with van der Waals surface area (Å²) in [7, 11) is 0. The molecule has 0 saturated carbocycles. The van der Waals surface area contributed by atoms with Crippen molar-refractivity contribution in [2.45, 2.75) is 13.3 Å². The Kier molecular flexibility index (Phi) is 16.5. The Bertz CT molecular complexity index is 8680. The van der Waals surface area contributed by atoms with Gasteiger partial charge in [-0.15, -0.1) is 113 Å². The summed E-state index contributed by atoms with van der Waals surface area (Å²) >= 11 is 16.7. The Morgan fingerprint density at radius 1 is 0.276 bits per heavy atom. The minimum atomic E-state index is -0.311. The Morgan fingerprint density at radius 3 is 0.935 bits per heavy atom. The Morgan fingerprint density at radius 2 is 0.569 bits per heavy atom. The van der Waals surface area contributed by atoms with Crippen molar-refractivity contribution in [2.24, 2.45) is 4.99 Å². The first kappa shape index (κ1) is 71.6. The van der Waals surface area contributed by atoms with Crippen molar-refractivity contribution < 1.29 is 26.9 Å². The highest BCUT2D eigenvalue weighted by Gasteiger charge is 2.29. The number of oxazole rings is 5. The fourth-order valence-electron chi connectivity index (χ4n) is 16.7. The van der Waals surface area contributed by atoms with Crippen molar-refractivity contribution in [2.75, 3.05) is 0 Å². The lowest BCUT2D eigenvalue weighted by molar-refractivity contribution is 0.100. The van der Waals surface area contributed by atoms with Crippen LogP contribution in [0, 0.1) is 0 Å². The molecule has 0 saturated heterocycles. The van der Waals surface area contributed by atoms with Crippen LogP contribution in [0.1, 0.15) is 28.6 Å². The van der Waals surface area contributed by atoms with Gasteiger partial charge in [0, 0.05) is 120 Å². The lowest BCUT2D eigenvalue weighted by Gasteiger charge is -2.06. The summed E-state index contributed by atoms with van der Waals surface area (Å²) in [5.41, 5.74) is 11.0. The van der Waals surface area contributed by atoms with Gasteiger partial charge in [-0.2, -0.15) is 0 Å². The van der Waals surface area contributed by atoms with E-state index in [1.165, 1.54) is 0 Å². The van der Waals surface area contributed by atoms with Crippen molar-refractivity contribution in [1.82, 2.24) is 24.9 Å². The molecule has 0 atom stereocenters. The minimum absolute atomic E-state index is 0.311. The zero-order valence-electron chi connectivity index (χ0n) is 64.1. The summed E-state index contributed by atoms with van der Waals surface area (Å²) < 4.78 is 45.3. The van der Waals surface area contributed by atoms with Crippen LogP contribution in [0.25, 0.3) is 252 Å². The first-order valence-corrected chi connectivity index (χ1v) is 47.7. The van der Waals surface area contributed by atoms with Gasteiger partial charge in [0.15, 0.2) is 0 Å². The van der Waals surface area contributed by atoms with Crippen LogP contribution in [-0.2, 0) is 0 Å². The highest BCUT2D eigenvalue weighted by molar-refractivity contribution is 7.28. The summed E-state index contributed by atoms with van der Waals surface area (Å²) in [6.45, 7) is 2.07. The van der Waals surface area contributed by atoms with Crippen LogP contribution in [0.15, 0.2) is 313 Å². The summed E-state index contributed by atoms with van der Waals surface area (Å²) in [5, 5.41) is 12.9. The predicted octanol–water partition coefficient (Wildman–Crippen LogP) is 33.1. The number of fused-ring (bicyclic) bond motifs is 14. The fourth-order valence-corrected chi connectivity index (χ4v) is 27.6. The van der Waals surface area contributed by atoms with E-state index in [1.807, 2.05) is 24.5 Å². The minimum Gasteiger partial charge on any atom is -0.443 e. The smallest absolute Gasteiger partial charge is 0.278 e. The number of aliphatic imine (C=N–C) groups is 1. The molecule has 22 heteroatoms. The number of benzene rings is 11. The lowest BCUT2D eigenvalue weighted by Crippen LogP contribution is -2.04. The van der Waals surface area contributed by atoms with Crippen molar-refractivity contribution in [3.8, 4) is 131 Å². The molecule has 0 fully saturated rings. The molecule has 26 rings (SSSR count). The first-order chi connectivity index (χ1) is 60.6. The van der Waals surface area contributed by atoms with E-state index in [-0.39, 0.29) is 5.91 Å². The molecule has 12 nitrogen and oxygen atoms in total. The van der Waals surface area contributed by atoms with E-state index < -0.39 is 0 Å². The van der Waals surface area contributed by atoms with Gasteiger partial charge in [-0.1, -0.05) is 116 Å². The third-order valence-electron chi connectivity index (χ3n) is 22.7. The predicted molar refractivity (Wildman–Crippen MR) is 518 cm³/mol. The van der Waals surface area contributed by atoms with Gasteiger partial charge in [-0.25, -0.2) is 29.9 Å². The van der Waals surface area contributed by atoms with Gasteiger partial charge in [0.2, 0.25) is 29.5 Å². The van der Waals surface area contributed by atoms with E-state index in [9.17, 15) is 0 Å². The van der Waals surface area contributed by atoms with E-state index in [2.05, 4.69) is 244 Å². The second-order valence-electron chi connectivity index (χ2n) is 30.3. The van der Waals surface area contributed by atoms with E-state index in [4.69, 9.17) is 52.0 Å². The molecule has 0 N–H and O–H groups in total. The summed E-state index contributed by atoms with van der Waals surface area (Å²) in [5.74, 6) is 2.42. The monoisotopic (exact) mass is 1760 g/mol. The number of hydrogen-bond acceptors (Lipinski definition) is 21. The SMILES string of the molecule is CC/C(=N\C(=O)c1cc(-c2cc3cc4sc(-c5cc(-c6coc(-c7cc8ccccc8s7)n6)c6sc7c(-c8coc(-c9cc%10ccccc%10s9)n8)cc(-c8coc(-c9cc%10ccccc%10s9)n8)cc7c6c5)cc4cc3s2)cc2c1sc1c(-c3coc(-c4cc5ccccc5s4)n3)cc(-c3coc(-c4cc5ccccc5s4)n3)cc12)c1cc2ccccc2s1. The average Bonchev–Trinajstić information content (AvgIpc) is 1.58. The maximum Gasteiger partial charge on any atom is 0.278 e. The van der Waals surface area contributed by atoms with E-state index in [0.717, 1.165) is 210 Å². The molecule has 0 radical (unpaired) electrons. The summed E-state index contributed by atoms with van der Waals surface area (Å²) in [6.07, 6.45) is 9.42. The number of carbonyl (C=O) groups excluding carboxylic acids is 1. The number of nitrogens with zero attached hydrogens (tertiary/aromatic N) is 6. The largest absolute Gasteiger partial charge is 0.443 e. The van der Waals surface area contributed by atoms with Gasteiger partial charge >= 0.3 is 0 Å². The number of aromatic nitrogens is 5. The first-order valence-electron chi connectivity index (χ1n) is 39.5. The van der Waals surface area contributed by atoms with E-state index in [0.29, 0.717) is 64.2 Å². The highest BCUT2D eigenvalue weighted by Crippen LogP contribution is 2.53. The Hall–Kier alpha value is -13.1. The molecule has 123 heavy (non-hydrogen) atoms. The number of carbonyl (C=O) groups is 1. The number of rotatable bonds is 15. The molecule has 26 aromatic rings. The summed E-state index contributed by atoms with van der Waals surface area (Å²) in [6, 6.07) is 90.0. The second-order valence-corrected chi connectivity index (χ2v) is 41.0. The maximum atomic E-state index is 15.8. The molecule has 0 unspecified atom stereocenters. The van der Waals surface area contributed by atoms with Crippen molar-refractivity contribution in [3.63, 3.8) is 0 Å². The molecule has 0 aliphatic rings. The molecule has 0 aliphatic carbocycles. The zero-order valence-corrected chi connectivity index (χ0v) is 72.2. The van der Waals surface area contributed by atoms with Gasteiger partial charge in [-0.05, 0) is 206 Å². The molecule has 0 bridgehead atoms. The molecule has 582 valence electrons. The topological polar surface area (TPSA) is 160 Å². The highest BCUT2D eigenvalue weighted by atomic mass is 32.1. The van der Waals surface area contributed by atoms with Crippen molar-refractivity contribution in [1.29, 1.82) is 0 Å². The molecular weight excluding hydrogens is 1710 g/mol. The van der Waals surface area contributed by atoms with Gasteiger partial charge in [0.25, 0.3) is 5.91 Å². The Balaban J connectivity index is 0.632. The quantitative estimate of drug-likeness (QED) is 0.0899. The van der Waals surface area contributed by atoms with Crippen LogP contribution in [-0.4, -0.2) is 36.5 Å². The van der Waals surface area contributed by atoms with Crippen LogP contribution < -0.4 is 0 Å². The Labute approximate surface area is 736 Å². The van der Waals surface area contributed by atoms with Gasteiger partial charge < -0.3 is 22.1 Å². The third kappa shape index (κ3) is 12.2. The van der Waals surface area contributed by atoms with Crippen LogP contribution >= 0.6 is 113 Å². The fraction of sp³-hybridized carbons (Fsp3) is 0.0198. The van der Waals surface area contributed by atoms with E-state index in [1.54, 1.807) is 138 Å². The standard InChI is InChI=1S/C101H52N6O6S10/c1-2-70(86-35-50-15-3-9-21-76(50)114-86)102-96(108)69-34-59(32-65-63-28-57(72-46-110-98(104-72)88-37-52-17-5-11-23-78(52)116-88)30-67(93(63)123-95(65)69)74-48-112-100(106-74)90-39-54-19-7-13-25-80(54)118-90)83-42-61-44-84-60(43-85(61)121-83)41-82(120-84)58-31-64-62-27-56(71-45-109-97(103-71)87-36-51-16-4-10-22-77(51)115-87)29-66(73-47-111-99(105-73)89-38-53-18-6-12-24-79(53)117-89)92(62)122-94(64)68(33-58)75-49-113-101(107-75)91-40-55-20-8-14-26-81(55)119-91/h3-49H,2H2,1H3/b102-70+. The van der Waals surface area contributed by atoms with E-state index >= 15 is 4.79 Å².